The molecule has 1 aliphatic carbocycles. The maximum absolute atomic E-state index is 6.62. The van der Waals surface area contributed by atoms with Gasteiger partial charge in [-0.2, -0.15) is 0 Å². The second-order valence-electron chi connectivity index (χ2n) is 6.96. The fourth-order valence-corrected chi connectivity index (χ4v) is 6.36. The number of rotatable bonds is 6. The fraction of sp³-hybridized carbons (Fsp3) is 0.882. The number of ether oxygens (including phenoxy) is 2. The van der Waals surface area contributed by atoms with Gasteiger partial charge in [-0.15, -0.1) is 0 Å². The molecule has 1 heterocycles. The Hall–Kier alpha value is -0.323. The maximum Gasteiger partial charge on any atom is 0.250 e. The van der Waals surface area contributed by atoms with Crippen molar-refractivity contribution in [2.24, 2.45) is 5.92 Å². The lowest BCUT2D eigenvalue weighted by atomic mass is 9.96. The van der Waals surface area contributed by atoms with Crippen LogP contribution in [-0.4, -0.2) is 26.8 Å². The summed E-state index contributed by atoms with van der Waals surface area (Å²) >= 11 is 0. The van der Waals surface area contributed by atoms with Gasteiger partial charge in [-0.1, -0.05) is 20.8 Å². The highest BCUT2D eigenvalue weighted by Gasteiger charge is 2.42. The van der Waals surface area contributed by atoms with Gasteiger partial charge in [0.2, 0.25) is 8.32 Å². The van der Waals surface area contributed by atoms with Crippen LogP contribution in [0.5, 0.6) is 0 Å². The molecular weight excluding hydrogens is 280 g/mol. The molecule has 1 saturated heterocycles. The van der Waals surface area contributed by atoms with E-state index in [-0.39, 0.29) is 6.10 Å². The molecule has 0 radical (unpaired) electrons. The lowest BCUT2D eigenvalue weighted by molar-refractivity contribution is -0.142. The van der Waals surface area contributed by atoms with E-state index in [1.807, 2.05) is 13.8 Å². The topological polar surface area (TPSA) is 27.7 Å². The zero-order valence-electron chi connectivity index (χ0n) is 14.6. The molecule has 1 aliphatic heterocycles. The molecule has 3 nitrogen and oxygen atoms in total. The van der Waals surface area contributed by atoms with Crippen molar-refractivity contribution in [3.8, 4) is 0 Å². The molecule has 0 aromatic carbocycles. The van der Waals surface area contributed by atoms with Crippen LogP contribution in [-0.2, 0) is 13.9 Å². The zero-order chi connectivity index (χ0) is 15.7. The van der Waals surface area contributed by atoms with Crippen molar-refractivity contribution in [3.63, 3.8) is 0 Å². The quantitative estimate of drug-likeness (QED) is 0.657. The smallest absolute Gasteiger partial charge is 0.250 e. The average Bonchev–Trinajstić information content (AvgIpc) is 2.99. The van der Waals surface area contributed by atoms with Gasteiger partial charge in [-0.25, -0.2) is 0 Å². The summed E-state index contributed by atoms with van der Waals surface area (Å²) in [4.78, 5) is 0. The Morgan fingerprint density at radius 1 is 1.19 bits per heavy atom. The van der Waals surface area contributed by atoms with E-state index in [0.29, 0.717) is 12.5 Å². The van der Waals surface area contributed by atoms with Crippen LogP contribution in [0.15, 0.2) is 11.3 Å². The summed E-state index contributed by atoms with van der Waals surface area (Å²) in [5, 5.41) is 0. The summed E-state index contributed by atoms with van der Waals surface area (Å²) in [6, 6.07) is 3.62. The van der Waals surface area contributed by atoms with Crippen molar-refractivity contribution < 1.29 is 13.9 Å². The van der Waals surface area contributed by atoms with Crippen LogP contribution in [0, 0.1) is 5.92 Å². The normalized spacial score (nSPS) is 29.2. The predicted molar refractivity (Wildman–Crippen MR) is 88.6 cm³/mol. The molecule has 21 heavy (non-hydrogen) atoms. The lowest BCUT2D eigenvalue weighted by Crippen LogP contribution is -2.35. The maximum atomic E-state index is 6.62. The minimum Gasteiger partial charge on any atom is -0.547 e. The first-order chi connectivity index (χ1) is 9.86. The van der Waals surface area contributed by atoms with E-state index in [1.165, 1.54) is 29.5 Å². The molecule has 122 valence electrons. The Bertz CT molecular complexity index is 391. The summed E-state index contributed by atoms with van der Waals surface area (Å²) in [7, 11) is -1.55. The van der Waals surface area contributed by atoms with E-state index in [4.69, 9.17) is 13.9 Å². The second kappa shape index (κ2) is 6.43. The minimum atomic E-state index is -1.55. The van der Waals surface area contributed by atoms with Crippen LogP contribution in [0.4, 0.5) is 0 Å². The highest BCUT2D eigenvalue weighted by Crippen LogP contribution is 2.41. The van der Waals surface area contributed by atoms with Gasteiger partial charge in [-0.05, 0) is 50.9 Å². The van der Waals surface area contributed by atoms with Gasteiger partial charge >= 0.3 is 0 Å². The van der Waals surface area contributed by atoms with Gasteiger partial charge < -0.3 is 13.9 Å². The SMILES string of the molecule is CC[Si](CC)(CC)OC1=C(C)C(C2COC(C)(C)O2)CC1. The Balaban J connectivity index is 2.08. The van der Waals surface area contributed by atoms with E-state index < -0.39 is 14.1 Å². The van der Waals surface area contributed by atoms with Crippen molar-refractivity contribution in [3.05, 3.63) is 11.3 Å². The number of hydrogen-bond donors (Lipinski definition) is 0. The Morgan fingerprint density at radius 3 is 2.29 bits per heavy atom. The van der Waals surface area contributed by atoms with Crippen LogP contribution in [0.1, 0.15) is 54.4 Å². The van der Waals surface area contributed by atoms with Crippen LogP contribution in [0.25, 0.3) is 0 Å². The first-order valence-corrected chi connectivity index (χ1v) is 11.1. The van der Waals surface area contributed by atoms with Crippen LogP contribution < -0.4 is 0 Å². The van der Waals surface area contributed by atoms with Gasteiger partial charge in [0.1, 0.15) is 0 Å². The van der Waals surface area contributed by atoms with Crippen molar-refractivity contribution in [2.45, 2.75) is 84.4 Å². The fourth-order valence-electron chi connectivity index (χ4n) is 3.64. The molecule has 2 unspecified atom stereocenters. The van der Waals surface area contributed by atoms with Crippen molar-refractivity contribution in [1.82, 2.24) is 0 Å². The Labute approximate surface area is 131 Å². The van der Waals surface area contributed by atoms with E-state index in [1.54, 1.807) is 0 Å². The summed E-state index contributed by atoms with van der Waals surface area (Å²) in [6.45, 7) is 13.8. The van der Waals surface area contributed by atoms with Gasteiger partial charge in [0, 0.05) is 12.3 Å². The van der Waals surface area contributed by atoms with E-state index >= 15 is 0 Å². The monoisotopic (exact) mass is 312 g/mol. The largest absolute Gasteiger partial charge is 0.547 e. The first-order valence-electron chi connectivity index (χ1n) is 8.56. The molecule has 0 saturated carbocycles. The van der Waals surface area contributed by atoms with Gasteiger partial charge in [-0.3, -0.25) is 0 Å². The summed E-state index contributed by atoms with van der Waals surface area (Å²) < 4.78 is 18.4. The Kier molecular flexibility index (Phi) is 5.22. The second-order valence-corrected chi connectivity index (χ2v) is 11.7. The first kappa shape index (κ1) is 17.0. The third-order valence-electron chi connectivity index (χ3n) is 5.43. The van der Waals surface area contributed by atoms with E-state index in [2.05, 4.69) is 27.7 Å². The van der Waals surface area contributed by atoms with Crippen molar-refractivity contribution in [2.75, 3.05) is 6.61 Å². The highest BCUT2D eigenvalue weighted by molar-refractivity contribution is 6.73. The molecule has 0 N–H and O–H groups in total. The minimum absolute atomic E-state index is 0.196. The third-order valence-corrected chi connectivity index (χ3v) is 9.98. The van der Waals surface area contributed by atoms with Gasteiger partial charge in [0.05, 0.1) is 18.5 Å². The van der Waals surface area contributed by atoms with E-state index in [9.17, 15) is 0 Å². The van der Waals surface area contributed by atoms with Gasteiger partial charge in [0.15, 0.2) is 5.79 Å². The van der Waals surface area contributed by atoms with Gasteiger partial charge in [0.25, 0.3) is 0 Å². The van der Waals surface area contributed by atoms with Crippen LogP contribution in [0.3, 0.4) is 0 Å². The molecule has 0 spiro atoms. The molecule has 2 rings (SSSR count). The standard InChI is InChI=1S/C17H32O3Si/c1-7-21(8-2,9-3)20-15-11-10-14(13(15)4)16-12-18-17(5,6)19-16/h14,16H,7-12H2,1-6H3. The Morgan fingerprint density at radius 2 is 1.81 bits per heavy atom. The van der Waals surface area contributed by atoms with E-state index in [0.717, 1.165) is 12.8 Å². The summed E-state index contributed by atoms with van der Waals surface area (Å²) in [5.74, 6) is 1.31. The van der Waals surface area contributed by atoms with Crippen molar-refractivity contribution >= 4 is 8.32 Å². The predicted octanol–water partition coefficient (Wildman–Crippen LogP) is 4.84. The number of hydrogen-bond acceptors (Lipinski definition) is 3. The van der Waals surface area contributed by atoms with Crippen LogP contribution in [0.2, 0.25) is 18.1 Å². The zero-order valence-corrected chi connectivity index (χ0v) is 15.6. The molecule has 0 aromatic heterocycles. The third kappa shape index (κ3) is 3.54. The summed E-state index contributed by atoms with van der Waals surface area (Å²) in [6.07, 6.45) is 2.42. The molecule has 0 aromatic rings. The highest BCUT2D eigenvalue weighted by atomic mass is 28.4. The molecule has 0 amide bonds. The molecule has 2 aliphatic rings. The summed E-state index contributed by atoms with van der Waals surface area (Å²) in [5.41, 5.74) is 1.41. The average molecular weight is 313 g/mol. The molecular formula is C17H32O3Si. The molecule has 4 heteroatoms. The van der Waals surface area contributed by atoms with Crippen molar-refractivity contribution in [1.29, 1.82) is 0 Å². The molecule has 1 fully saturated rings. The lowest BCUT2D eigenvalue weighted by Gasteiger charge is -2.30. The molecule has 2 atom stereocenters. The number of allylic oxidation sites excluding steroid dienone is 1. The molecule has 0 bridgehead atoms. The van der Waals surface area contributed by atoms with Crippen LogP contribution >= 0.6 is 0 Å².